The number of nitrogen functional groups attached to an aromatic ring is 1. The standard InChI is InChI=1S/C14H16N2O3/c1-14(2,3)19-13(17)11-6-5-10(18-11)9-4-7-12(15)16-8-9/h4-8H,1-3H3,(H2,15,16). The summed E-state index contributed by atoms with van der Waals surface area (Å²) in [6.45, 7) is 5.41. The minimum absolute atomic E-state index is 0.168. The molecule has 5 heteroatoms. The number of nitrogens with zero attached hydrogens (tertiary/aromatic N) is 1. The van der Waals surface area contributed by atoms with E-state index in [1.165, 1.54) is 0 Å². The summed E-state index contributed by atoms with van der Waals surface area (Å²) in [5.74, 6) is 0.667. The Morgan fingerprint density at radius 1 is 1.26 bits per heavy atom. The van der Waals surface area contributed by atoms with Crippen LogP contribution in [0.15, 0.2) is 34.9 Å². The van der Waals surface area contributed by atoms with Gasteiger partial charge in [-0.15, -0.1) is 0 Å². The highest BCUT2D eigenvalue weighted by atomic mass is 16.6. The number of esters is 1. The number of nitrogens with two attached hydrogens (primary N) is 1. The molecule has 0 spiro atoms. The first-order valence-electron chi connectivity index (χ1n) is 5.90. The van der Waals surface area contributed by atoms with E-state index in [0.29, 0.717) is 11.6 Å². The number of hydrogen-bond donors (Lipinski definition) is 1. The molecule has 100 valence electrons. The number of carbonyl (C=O) groups is 1. The predicted octanol–water partition coefficient (Wildman–Crippen LogP) is 2.88. The molecule has 0 aliphatic heterocycles. The van der Waals surface area contributed by atoms with Crippen LogP contribution in [0, 0.1) is 0 Å². The zero-order chi connectivity index (χ0) is 14.0. The summed E-state index contributed by atoms with van der Waals surface area (Å²) >= 11 is 0. The molecule has 0 amide bonds. The first kappa shape index (κ1) is 13.1. The van der Waals surface area contributed by atoms with Gasteiger partial charge in [0.05, 0.1) is 0 Å². The van der Waals surface area contributed by atoms with Crippen LogP contribution >= 0.6 is 0 Å². The van der Waals surface area contributed by atoms with Crippen LogP contribution in [0.1, 0.15) is 31.3 Å². The number of ether oxygens (including phenoxy) is 1. The van der Waals surface area contributed by atoms with Crippen LogP contribution in [0.4, 0.5) is 5.82 Å². The molecule has 0 bridgehead atoms. The first-order valence-corrected chi connectivity index (χ1v) is 5.90. The van der Waals surface area contributed by atoms with E-state index in [4.69, 9.17) is 14.9 Å². The first-order chi connectivity index (χ1) is 8.85. The number of aromatic nitrogens is 1. The van der Waals surface area contributed by atoms with Gasteiger partial charge in [0.25, 0.3) is 0 Å². The molecule has 0 aliphatic rings. The number of furan rings is 1. The average Bonchev–Trinajstić information content (AvgIpc) is 2.77. The van der Waals surface area contributed by atoms with Gasteiger partial charge in [0.1, 0.15) is 17.2 Å². The van der Waals surface area contributed by atoms with Crippen molar-refractivity contribution in [3.63, 3.8) is 0 Å². The van der Waals surface area contributed by atoms with Gasteiger partial charge in [-0.05, 0) is 45.0 Å². The Hall–Kier alpha value is -2.30. The van der Waals surface area contributed by atoms with E-state index in [2.05, 4.69) is 4.98 Å². The van der Waals surface area contributed by atoms with Crippen molar-refractivity contribution in [2.24, 2.45) is 0 Å². The highest BCUT2D eigenvalue weighted by molar-refractivity contribution is 5.87. The molecule has 2 aromatic heterocycles. The van der Waals surface area contributed by atoms with Crippen LogP contribution in [-0.2, 0) is 4.74 Å². The summed E-state index contributed by atoms with van der Waals surface area (Å²) in [6, 6.07) is 6.73. The second kappa shape index (κ2) is 4.76. The van der Waals surface area contributed by atoms with Crippen molar-refractivity contribution >= 4 is 11.8 Å². The van der Waals surface area contributed by atoms with Crippen LogP contribution in [0.2, 0.25) is 0 Å². The largest absolute Gasteiger partial charge is 0.454 e. The van der Waals surface area contributed by atoms with Crippen molar-refractivity contribution in [2.45, 2.75) is 26.4 Å². The van der Waals surface area contributed by atoms with Crippen LogP contribution in [0.3, 0.4) is 0 Å². The molecule has 0 aliphatic carbocycles. The summed E-state index contributed by atoms with van der Waals surface area (Å²) in [5.41, 5.74) is 5.72. The van der Waals surface area contributed by atoms with Gasteiger partial charge in [-0.3, -0.25) is 0 Å². The zero-order valence-electron chi connectivity index (χ0n) is 11.1. The second-order valence-corrected chi connectivity index (χ2v) is 5.14. The monoisotopic (exact) mass is 260 g/mol. The molecular weight excluding hydrogens is 244 g/mol. The van der Waals surface area contributed by atoms with Gasteiger partial charge in [0.15, 0.2) is 0 Å². The quantitative estimate of drug-likeness (QED) is 0.840. The highest BCUT2D eigenvalue weighted by Gasteiger charge is 2.20. The minimum atomic E-state index is -0.549. The van der Waals surface area contributed by atoms with Crippen LogP contribution in [-0.4, -0.2) is 16.6 Å². The van der Waals surface area contributed by atoms with Gasteiger partial charge in [-0.25, -0.2) is 9.78 Å². The maximum Gasteiger partial charge on any atom is 0.374 e. The third kappa shape index (κ3) is 3.34. The average molecular weight is 260 g/mol. The van der Waals surface area contributed by atoms with Crippen molar-refractivity contribution in [2.75, 3.05) is 5.73 Å². The molecule has 0 radical (unpaired) electrons. The Labute approximate surface area is 111 Å². The molecule has 0 unspecified atom stereocenters. The van der Waals surface area contributed by atoms with Gasteiger partial charge < -0.3 is 14.9 Å². The lowest BCUT2D eigenvalue weighted by atomic mass is 10.2. The van der Waals surface area contributed by atoms with Crippen LogP contribution < -0.4 is 5.73 Å². The summed E-state index contributed by atoms with van der Waals surface area (Å²) in [7, 11) is 0. The van der Waals surface area contributed by atoms with Gasteiger partial charge in [-0.1, -0.05) is 0 Å². The minimum Gasteiger partial charge on any atom is -0.454 e. The van der Waals surface area contributed by atoms with E-state index in [0.717, 1.165) is 5.56 Å². The predicted molar refractivity (Wildman–Crippen MR) is 71.5 cm³/mol. The number of carbonyl (C=O) groups excluding carboxylic acids is 1. The molecule has 2 rings (SSSR count). The Morgan fingerprint density at radius 3 is 2.58 bits per heavy atom. The van der Waals surface area contributed by atoms with Gasteiger partial charge >= 0.3 is 5.97 Å². The van der Waals surface area contributed by atoms with Crippen molar-refractivity contribution < 1.29 is 13.9 Å². The van der Waals surface area contributed by atoms with E-state index in [1.807, 2.05) is 0 Å². The molecule has 2 N–H and O–H groups in total. The fourth-order valence-electron chi connectivity index (χ4n) is 1.48. The maximum absolute atomic E-state index is 11.8. The molecule has 0 fully saturated rings. The zero-order valence-corrected chi connectivity index (χ0v) is 11.1. The molecule has 2 aromatic rings. The lowest BCUT2D eigenvalue weighted by Crippen LogP contribution is -2.23. The van der Waals surface area contributed by atoms with E-state index in [-0.39, 0.29) is 5.76 Å². The van der Waals surface area contributed by atoms with Crippen molar-refractivity contribution in [3.05, 3.63) is 36.2 Å². The summed E-state index contributed by atoms with van der Waals surface area (Å²) in [5, 5.41) is 0. The third-order valence-electron chi connectivity index (χ3n) is 2.28. The number of anilines is 1. The Bertz CT molecular complexity index is 579. The third-order valence-corrected chi connectivity index (χ3v) is 2.28. The number of hydrogen-bond acceptors (Lipinski definition) is 5. The summed E-state index contributed by atoms with van der Waals surface area (Å²) < 4.78 is 10.7. The van der Waals surface area contributed by atoms with Gasteiger partial charge in [-0.2, -0.15) is 0 Å². The number of rotatable bonds is 2. The molecule has 0 aromatic carbocycles. The molecule has 2 heterocycles. The van der Waals surface area contributed by atoms with E-state index < -0.39 is 11.6 Å². The van der Waals surface area contributed by atoms with E-state index in [1.54, 1.807) is 51.2 Å². The SMILES string of the molecule is CC(C)(C)OC(=O)c1ccc(-c2ccc(N)nc2)o1. The van der Waals surface area contributed by atoms with E-state index in [9.17, 15) is 4.79 Å². The molecule has 5 nitrogen and oxygen atoms in total. The van der Waals surface area contributed by atoms with Gasteiger partial charge in [0.2, 0.25) is 5.76 Å². The topological polar surface area (TPSA) is 78.4 Å². The lowest BCUT2D eigenvalue weighted by Gasteiger charge is -2.18. The molecule has 0 saturated carbocycles. The molecule has 0 saturated heterocycles. The lowest BCUT2D eigenvalue weighted by molar-refractivity contribution is 0.00369. The maximum atomic E-state index is 11.8. The fourth-order valence-corrected chi connectivity index (χ4v) is 1.48. The summed E-state index contributed by atoms with van der Waals surface area (Å²) in [6.07, 6.45) is 1.59. The molecular formula is C14H16N2O3. The Morgan fingerprint density at radius 2 is 2.00 bits per heavy atom. The number of pyridine rings is 1. The highest BCUT2D eigenvalue weighted by Crippen LogP contribution is 2.23. The molecule has 0 atom stereocenters. The van der Waals surface area contributed by atoms with E-state index >= 15 is 0 Å². The Balaban J connectivity index is 2.19. The van der Waals surface area contributed by atoms with Crippen LogP contribution in [0.25, 0.3) is 11.3 Å². The normalized spacial score (nSPS) is 11.3. The van der Waals surface area contributed by atoms with Crippen molar-refractivity contribution in [1.29, 1.82) is 0 Å². The fraction of sp³-hybridized carbons (Fsp3) is 0.286. The van der Waals surface area contributed by atoms with Crippen molar-refractivity contribution in [1.82, 2.24) is 4.98 Å². The smallest absolute Gasteiger partial charge is 0.374 e. The Kier molecular flexibility index (Phi) is 3.29. The van der Waals surface area contributed by atoms with Gasteiger partial charge in [0, 0.05) is 11.8 Å². The van der Waals surface area contributed by atoms with Crippen LogP contribution in [0.5, 0.6) is 0 Å². The summed E-state index contributed by atoms with van der Waals surface area (Å²) in [4.78, 5) is 15.8. The van der Waals surface area contributed by atoms with Crippen molar-refractivity contribution in [3.8, 4) is 11.3 Å². The molecule has 19 heavy (non-hydrogen) atoms. The second-order valence-electron chi connectivity index (χ2n) is 5.14.